The zero-order valence-corrected chi connectivity index (χ0v) is 10.2. The molecule has 0 bridgehead atoms. The topological polar surface area (TPSA) is 29.3 Å². The summed E-state index contributed by atoms with van der Waals surface area (Å²) in [6, 6.07) is 4.95. The Balaban J connectivity index is 1.96. The van der Waals surface area contributed by atoms with Crippen molar-refractivity contribution in [3.63, 3.8) is 0 Å². The first kappa shape index (κ1) is 11.1. The smallest absolute Gasteiger partial charge is 0.0331 e. The van der Waals surface area contributed by atoms with Gasteiger partial charge < -0.3 is 5.73 Å². The minimum atomic E-state index is 0.608. The van der Waals surface area contributed by atoms with E-state index in [1.54, 1.807) is 0 Å². The van der Waals surface area contributed by atoms with Gasteiger partial charge in [-0.15, -0.1) is 11.3 Å². The van der Waals surface area contributed by atoms with Gasteiger partial charge in [-0.1, -0.05) is 13.0 Å². The van der Waals surface area contributed by atoms with Crippen LogP contribution < -0.4 is 5.73 Å². The standard InChI is InChI=1S/C12H20N2S/c1-2-14(9-11-4-3-7-15-11)12(8-13)10-5-6-10/h3-4,7,10,12H,2,5-6,8-9,13H2,1H3. The van der Waals surface area contributed by atoms with Gasteiger partial charge >= 0.3 is 0 Å². The van der Waals surface area contributed by atoms with E-state index in [9.17, 15) is 0 Å². The molecule has 0 aliphatic heterocycles. The van der Waals surface area contributed by atoms with Crippen LogP contribution in [0.3, 0.4) is 0 Å². The van der Waals surface area contributed by atoms with E-state index < -0.39 is 0 Å². The fourth-order valence-electron chi connectivity index (χ4n) is 2.19. The summed E-state index contributed by atoms with van der Waals surface area (Å²) in [4.78, 5) is 3.99. The summed E-state index contributed by atoms with van der Waals surface area (Å²) in [6.45, 7) is 5.23. The molecule has 1 heterocycles. The third kappa shape index (κ3) is 2.80. The van der Waals surface area contributed by atoms with Crippen LogP contribution in [0, 0.1) is 5.92 Å². The van der Waals surface area contributed by atoms with Crippen LogP contribution in [0.25, 0.3) is 0 Å². The lowest BCUT2D eigenvalue weighted by atomic mass is 10.1. The lowest BCUT2D eigenvalue weighted by Crippen LogP contribution is -2.41. The molecule has 1 aromatic heterocycles. The van der Waals surface area contributed by atoms with Gasteiger partial charge in [0.25, 0.3) is 0 Å². The highest BCUT2D eigenvalue weighted by Crippen LogP contribution is 2.35. The maximum absolute atomic E-state index is 5.88. The van der Waals surface area contributed by atoms with Crippen LogP contribution in [0.1, 0.15) is 24.6 Å². The van der Waals surface area contributed by atoms with Gasteiger partial charge in [-0.05, 0) is 36.8 Å². The number of nitrogens with zero attached hydrogens (tertiary/aromatic N) is 1. The summed E-state index contributed by atoms with van der Waals surface area (Å²) >= 11 is 1.84. The number of hydrogen-bond donors (Lipinski definition) is 1. The van der Waals surface area contributed by atoms with Gasteiger partial charge in [0.1, 0.15) is 0 Å². The molecule has 0 saturated heterocycles. The molecule has 0 spiro atoms. The molecule has 1 fully saturated rings. The Bertz CT molecular complexity index is 280. The number of nitrogens with two attached hydrogens (primary N) is 1. The third-order valence-corrected chi connectivity index (χ3v) is 4.08. The molecular weight excluding hydrogens is 204 g/mol. The van der Waals surface area contributed by atoms with Gasteiger partial charge in [-0.25, -0.2) is 0 Å². The average Bonchev–Trinajstić information content (AvgIpc) is 2.95. The van der Waals surface area contributed by atoms with Crippen molar-refractivity contribution in [2.45, 2.75) is 32.4 Å². The summed E-state index contributed by atoms with van der Waals surface area (Å²) in [5, 5.41) is 2.15. The van der Waals surface area contributed by atoms with Crippen LogP contribution in [-0.4, -0.2) is 24.0 Å². The lowest BCUT2D eigenvalue weighted by Gasteiger charge is -2.29. The van der Waals surface area contributed by atoms with Gasteiger partial charge in [0.05, 0.1) is 0 Å². The molecule has 1 saturated carbocycles. The van der Waals surface area contributed by atoms with E-state index in [4.69, 9.17) is 5.73 Å². The van der Waals surface area contributed by atoms with E-state index in [1.165, 1.54) is 17.7 Å². The first-order valence-electron chi connectivity index (χ1n) is 5.81. The summed E-state index contributed by atoms with van der Waals surface area (Å²) in [6.07, 6.45) is 2.76. The number of hydrogen-bond acceptors (Lipinski definition) is 3. The molecule has 2 rings (SSSR count). The van der Waals surface area contributed by atoms with Crippen molar-refractivity contribution in [1.29, 1.82) is 0 Å². The van der Waals surface area contributed by atoms with Gasteiger partial charge in [0.15, 0.2) is 0 Å². The van der Waals surface area contributed by atoms with Crippen molar-refractivity contribution in [1.82, 2.24) is 4.90 Å². The molecule has 15 heavy (non-hydrogen) atoms. The molecule has 1 atom stereocenters. The average molecular weight is 224 g/mol. The van der Waals surface area contributed by atoms with E-state index in [-0.39, 0.29) is 0 Å². The Morgan fingerprint density at radius 3 is 2.87 bits per heavy atom. The molecule has 1 aliphatic carbocycles. The summed E-state index contributed by atoms with van der Waals surface area (Å²) in [7, 11) is 0. The first-order valence-corrected chi connectivity index (χ1v) is 6.69. The van der Waals surface area contributed by atoms with E-state index in [1.807, 2.05) is 11.3 Å². The second kappa shape index (κ2) is 5.10. The molecule has 1 aromatic rings. The molecule has 0 radical (unpaired) electrons. The first-order chi connectivity index (χ1) is 7.35. The van der Waals surface area contributed by atoms with Crippen molar-refractivity contribution in [3.8, 4) is 0 Å². The predicted octanol–water partition coefficient (Wildman–Crippen LogP) is 2.31. The van der Waals surface area contributed by atoms with Crippen molar-refractivity contribution in [2.24, 2.45) is 11.7 Å². The normalized spacial score (nSPS) is 18.3. The highest BCUT2D eigenvalue weighted by molar-refractivity contribution is 7.09. The Labute approximate surface area is 96.1 Å². The fourth-order valence-corrected chi connectivity index (χ4v) is 2.92. The Morgan fingerprint density at radius 2 is 2.40 bits per heavy atom. The Hall–Kier alpha value is -0.380. The van der Waals surface area contributed by atoms with Crippen molar-refractivity contribution < 1.29 is 0 Å². The predicted molar refractivity (Wildman–Crippen MR) is 66.0 cm³/mol. The van der Waals surface area contributed by atoms with Crippen LogP contribution in [-0.2, 0) is 6.54 Å². The van der Waals surface area contributed by atoms with Crippen molar-refractivity contribution in [3.05, 3.63) is 22.4 Å². The van der Waals surface area contributed by atoms with Crippen LogP contribution >= 0.6 is 11.3 Å². The number of rotatable bonds is 6. The molecule has 0 aromatic carbocycles. The minimum absolute atomic E-state index is 0.608. The zero-order valence-electron chi connectivity index (χ0n) is 9.36. The van der Waals surface area contributed by atoms with E-state index >= 15 is 0 Å². The third-order valence-electron chi connectivity index (χ3n) is 3.22. The Kier molecular flexibility index (Phi) is 3.78. The maximum Gasteiger partial charge on any atom is 0.0331 e. The highest BCUT2D eigenvalue weighted by atomic mass is 32.1. The van der Waals surface area contributed by atoms with Gasteiger partial charge in [-0.3, -0.25) is 4.90 Å². The fraction of sp³-hybridized carbons (Fsp3) is 0.667. The lowest BCUT2D eigenvalue weighted by molar-refractivity contribution is 0.183. The number of thiophene rings is 1. The summed E-state index contributed by atoms with van der Waals surface area (Å²) in [5.41, 5.74) is 5.88. The zero-order chi connectivity index (χ0) is 10.7. The SMILES string of the molecule is CCN(Cc1cccs1)C(CN)C1CC1. The molecule has 84 valence electrons. The second-order valence-corrected chi connectivity index (χ2v) is 5.32. The minimum Gasteiger partial charge on any atom is -0.329 e. The van der Waals surface area contributed by atoms with Crippen molar-refractivity contribution in [2.75, 3.05) is 13.1 Å². The summed E-state index contributed by atoms with van der Waals surface area (Å²) < 4.78 is 0. The van der Waals surface area contributed by atoms with Crippen LogP contribution in [0.4, 0.5) is 0 Å². The van der Waals surface area contributed by atoms with Crippen LogP contribution in [0.2, 0.25) is 0 Å². The van der Waals surface area contributed by atoms with E-state index in [2.05, 4.69) is 29.3 Å². The Morgan fingerprint density at radius 1 is 1.60 bits per heavy atom. The molecule has 2 nitrogen and oxygen atoms in total. The largest absolute Gasteiger partial charge is 0.329 e. The van der Waals surface area contributed by atoms with E-state index in [0.29, 0.717) is 6.04 Å². The van der Waals surface area contributed by atoms with E-state index in [0.717, 1.165) is 25.6 Å². The molecule has 3 heteroatoms. The summed E-state index contributed by atoms with van der Waals surface area (Å²) in [5.74, 6) is 0.870. The van der Waals surface area contributed by atoms with Crippen LogP contribution in [0.15, 0.2) is 17.5 Å². The molecule has 2 N–H and O–H groups in total. The maximum atomic E-state index is 5.88. The molecule has 1 aliphatic rings. The monoisotopic (exact) mass is 224 g/mol. The molecule has 1 unspecified atom stereocenters. The van der Waals surface area contributed by atoms with Crippen LogP contribution in [0.5, 0.6) is 0 Å². The molecular formula is C12H20N2S. The van der Waals surface area contributed by atoms with Gasteiger partial charge in [-0.2, -0.15) is 0 Å². The van der Waals surface area contributed by atoms with Crippen molar-refractivity contribution >= 4 is 11.3 Å². The molecule has 0 amide bonds. The van der Waals surface area contributed by atoms with Gasteiger partial charge in [0, 0.05) is 24.0 Å². The second-order valence-electron chi connectivity index (χ2n) is 4.28. The van der Waals surface area contributed by atoms with Gasteiger partial charge in [0.2, 0.25) is 0 Å². The highest BCUT2D eigenvalue weighted by Gasteiger charge is 2.33. The quantitative estimate of drug-likeness (QED) is 0.803. The number of likely N-dealkylation sites (N-methyl/N-ethyl adjacent to an activating group) is 1.